The number of ether oxygens (including phenoxy) is 2. The average molecular weight is 610 g/mol. The fourth-order valence-corrected chi connectivity index (χ4v) is 5.04. The maximum absolute atomic E-state index is 13.2. The number of esters is 2. The Kier molecular flexibility index (Phi) is 8.07. The molecule has 182 valence electrons. The Labute approximate surface area is 225 Å². The number of hydrogen-bond acceptors (Lipinski definition) is 6. The first kappa shape index (κ1) is 25.5. The van der Waals surface area contributed by atoms with Gasteiger partial charge in [0.25, 0.3) is 0 Å². The summed E-state index contributed by atoms with van der Waals surface area (Å²) in [5, 5.41) is 0. The third-order valence-corrected chi connectivity index (χ3v) is 6.59. The summed E-state index contributed by atoms with van der Waals surface area (Å²) < 4.78 is 12.2. The summed E-state index contributed by atoms with van der Waals surface area (Å²) in [4.78, 5) is 26.5. The lowest BCUT2D eigenvalue weighted by Gasteiger charge is -2.18. The van der Waals surface area contributed by atoms with Gasteiger partial charge in [0, 0.05) is 31.4 Å². The van der Waals surface area contributed by atoms with E-state index in [1.807, 2.05) is 60.7 Å². The molecule has 0 heterocycles. The van der Waals surface area contributed by atoms with Gasteiger partial charge in [0.15, 0.2) is 0 Å². The van der Waals surface area contributed by atoms with E-state index in [4.69, 9.17) is 20.9 Å². The second kappa shape index (κ2) is 11.4. The van der Waals surface area contributed by atoms with Crippen LogP contribution in [0, 0.1) is 0 Å². The molecule has 0 bridgehead atoms. The molecule has 0 saturated carbocycles. The quantitative estimate of drug-likeness (QED) is 0.177. The summed E-state index contributed by atoms with van der Waals surface area (Å²) in [5.41, 5.74) is 15.8. The number of nitrogen functional groups attached to an aromatic ring is 2. The predicted octanol–water partition coefficient (Wildman–Crippen LogP) is 6.76. The van der Waals surface area contributed by atoms with E-state index in [1.54, 1.807) is 12.1 Å². The van der Waals surface area contributed by atoms with Crippen LogP contribution in [0.15, 0.2) is 93.9 Å². The number of nitrogens with two attached hydrogens (primary N) is 2. The minimum atomic E-state index is -0.589. The van der Waals surface area contributed by atoms with Crippen LogP contribution in [-0.2, 0) is 22.7 Å². The molecule has 4 aromatic carbocycles. The first-order valence-corrected chi connectivity index (χ1v) is 12.5. The van der Waals surface area contributed by atoms with Crippen LogP contribution in [0.4, 0.5) is 11.4 Å². The Morgan fingerprint density at radius 2 is 0.972 bits per heavy atom. The molecule has 6 nitrogen and oxygen atoms in total. The maximum Gasteiger partial charge on any atom is 0.339 e. The third-order valence-electron chi connectivity index (χ3n) is 5.34. The average Bonchev–Trinajstić information content (AvgIpc) is 2.87. The monoisotopic (exact) mass is 608 g/mol. The number of carbonyl (C=O) groups excluding carboxylic acids is 2. The summed E-state index contributed by atoms with van der Waals surface area (Å²) >= 11 is 7.04. The fourth-order valence-electron chi connectivity index (χ4n) is 3.69. The molecule has 4 aromatic rings. The van der Waals surface area contributed by atoms with Gasteiger partial charge in [-0.1, -0.05) is 92.5 Å². The van der Waals surface area contributed by atoms with Crippen LogP contribution in [0.2, 0.25) is 0 Å². The highest BCUT2D eigenvalue weighted by Crippen LogP contribution is 2.41. The lowest BCUT2D eigenvalue weighted by molar-refractivity contribution is 0.0462. The highest BCUT2D eigenvalue weighted by molar-refractivity contribution is 9.11. The van der Waals surface area contributed by atoms with Crippen LogP contribution < -0.4 is 11.5 Å². The minimum absolute atomic E-state index is 0.0837. The molecule has 4 rings (SSSR count). The predicted molar refractivity (Wildman–Crippen MR) is 147 cm³/mol. The van der Waals surface area contributed by atoms with Crippen LogP contribution >= 0.6 is 31.9 Å². The molecular weight excluding hydrogens is 588 g/mol. The van der Waals surface area contributed by atoms with Crippen molar-refractivity contribution in [1.82, 2.24) is 0 Å². The summed E-state index contributed by atoms with van der Waals surface area (Å²) in [6.07, 6.45) is 0. The van der Waals surface area contributed by atoms with Crippen molar-refractivity contribution < 1.29 is 19.1 Å². The lowest BCUT2D eigenvalue weighted by atomic mass is 9.94. The van der Waals surface area contributed by atoms with Crippen molar-refractivity contribution in [2.24, 2.45) is 0 Å². The summed E-state index contributed by atoms with van der Waals surface area (Å²) in [6.45, 7) is 0.167. The van der Waals surface area contributed by atoms with Gasteiger partial charge in [-0.15, -0.1) is 0 Å². The second-order valence-corrected chi connectivity index (χ2v) is 9.68. The number of anilines is 2. The third kappa shape index (κ3) is 5.95. The fraction of sp³-hybridized carbons (Fsp3) is 0.0714. The molecule has 4 N–H and O–H groups in total. The molecule has 0 aliphatic carbocycles. The number of hydrogen-bond donors (Lipinski definition) is 2. The van der Waals surface area contributed by atoms with E-state index in [0.717, 1.165) is 11.1 Å². The standard InChI is InChI=1S/C28H22Br2N2O4/c29-23-13-19(31)11-21(27(33)35-15-17-7-3-1-4-8-17)25(23)26-22(12-20(32)14-24(26)30)28(34)36-16-18-9-5-2-6-10-18/h1-14H,15-16,31-32H2. The molecule has 0 amide bonds. The van der Waals surface area contributed by atoms with Gasteiger partial charge in [-0.05, 0) is 35.4 Å². The van der Waals surface area contributed by atoms with Crippen molar-refractivity contribution in [1.29, 1.82) is 0 Å². The molecule has 0 spiro atoms. The SMILES string of the molecule is Nc1cc(Br)c(-c2c(Br)cc(N)cc2C(=O)OCc2ccccc2)c(C(=O)OCc2ccccc2)c1. The van der Waals surface area contributed by atoms with Crippen LogP contribution in [0.3, 0.4) is 0 Å². The number of benzene rings is 4. The van der Waals surface area contributed by atoms with E-state index >= 15 is 0 Å². The minimum Gasteiger partial charge on any atom is -0.457 e. The Hall–Kier alpha value is -3.62. The van der Waals surface area contributed by atoms with Gasteiger partial charge in [-0.2, -0.15) is 0 Å². The van der Waals surface area contributed by atoms with Crippen LogP contribution in [0.1, 0.15) is 31.8 Å². The summed E-state index contributed by atoms with van der Waals surface area (Å²) in [7, 11) is 0. The van der Waals surface area contributed by atoms with Crippen molar-refractivity contribution >= 4 is 55.2 Å². The van der Waals surface area contributed by atoms with Crippen molar-refractivity contribution in [3.63, 3.8) is 0 Å². The molecule has 36 heavy (non-hydrogen) atoms. The van der Waals surface area contributed by atoms with E-state index in [2.05, 4.69) is 31.9 Å². The first-order chi connectivity index (χ1) is 17.3. The second-order valence-electron chi connectivity index (χ2n) is 7.97. The smallest absolute Gasteiger partial charge is 0.339 e. The maximum atomic E-state index is 13.2. The van der Waals surface area contributed by atoms with E-state index in [-0.39, 0.29) is 24.3 Å². The molecule has 8 heteroatoms. The topological polar surface area (TPSA) is 105 Å². The van der Waals surface area contributed by atoms with E-state index in [9.17, 15) is 9.59 Å². The van der Waals surface area contributed by atoms with Gasteiger partial charge in [0.05, 0.1) is 11.1 Å². The first-order valence-electron chi connectivity index (χ1n) is 10.9. The molecule has 0 fully saturated rings. The van der Waals surface area contributed by atoms with Crippen molar-refractivity contribution in [3.05, 3.63) is 116 Å². The molecule has 0 aromatic heterocycles. The molecule has 0 aliphatic heterocycles. The van der Waals surface area contributed by atoms with Gasteiger partial charge in [0.2, 0.25) is 0 Å². The largest absolute Gasteiger partial charge is 0.457 e. The van der Waals surface area contributed by atoms with Crippen molar-refractivity contribution in [3.8, 4) is 11.1 Å². The van der Waals surface area contributed by atoms with Crippen LogP contribution in [0.5, 0.6) is 0 Å². The molecule has 0 aliphatic rings. The Morgan fingerprint density at radius 3 is 1.33 bits per heavy atom. The van der Waals surface area contributed by atoms with Crippen LogP contribution in [0.25, 0.3) is 11.1 Å². The molecule has 0 atom stereocenters. The van der Waals surface area contributed by atoms with Gasteiger partial charge in [-0.25, -0.2) is 9.59 Å². The zero-order chi connectivity index (χ0) is 25.7. The zero-order valence-corrected chi connectivity index (χ0v) is 22.2. The zero-order valence-electron chi connectivity index (χ0n) is 19.0. The molecule has 0 radical (unpaired) electrons. The molecule has 0 saturated heterocycles. The number of carbonyl (C=O) groups is 2. The highest BCUT2D eigenvalue weighted by atomic mass is 79.9. The van der Waals surface area contributed by atoms with Crippen molar-refractivity contribution in [2.45, 2.75) is 13.2 Å². The normalized spacial score (nSPS) is 10.6. The van der Waals surface area contributed by atoms with E-state index < -0.39 is 11.9 Å². The van der Waals surface area contributed by atoms with Gasteiger partial charge in [0.1, 0.15) is 13.2 Å². The van der Waals surface area contributed by atoms with Crippen LogP contribution in [-0.4, -0.2) is 11.9 Å². The van der Waals surface area contributed by atoms with Gasteiger partial charge in [-0.3, -0.25) is 0 Å². The van der Waals surface area contributed by atoms with Crippen molar-refractivity contribution in [2.75, 3.05) is 11.5 Å². The van der Waals surface area contributed by atoms with Gasteiger partial charge >= 0.3 is 11.9 Å². The molecule has 0 unspecified atom stereocenters. The molecular formula is C28H22Br2N2O4. The van der Waals surface area contributed by atoms with E-state index in [0.29, 0.717) is 31.4 Å². The summed E-state index contributed by atoms with van der Waals surface area (Å²) in [6, 6.07) is 25.0. The lowest BCUT2D eigenvalue weighted by Crippen LogP contribution is -2.12. The Morgan fingerprint density at radius 1 is 0.611 bits per heavy atom. The Bertz CT molecular complexity index is 1300. The highest BCUT2D eigenvalue weighted by Gasteiger charge is 2.26. The van der Waals surface area contributed by atoms with E-state index in [1.165, 1.54) is 12.1 Å². The Balaban J connectivity index is 1.74. The number of rotatable bonds is 7. The summed E-state index contributed by atoms with van der Waals surface area (Å²) in [5.74, 6) is -1.18. The number of halogens is 2. The van der Waals surface area contributed by atoms with Gasteiger partial charge < -0.3 is 20.9 Å².